The number of hydrogen-bond acceptors (Lipinski definition) is 4. The van der Waals surface area contributed by atoms with Gasteiger partial charge in [0.05, 0.1) is 11.2 Å². The smallest absolute Gasteiger partial charge is 0.0712 e. The zero-order chi connectivity index (χ0) is 26.3. The van der Waals surface area contributed by atoms with Crippen LogP contribution in [0, 0.1) is 0 Å². The van der Waals surface area contributed by atoms with Gasteiger partial charge >= 0.3 is 0 Å². The number of pyridine rings is 2. The van der Waals surface area contributed by atoms with Crippen molar-refractivity contribution in [1.82, 2.24) is 15.3 Å². The molecule has 0 radical (unpaired) electrons. The van der Waals surface area contributed by atoms with Gasteiger partial charge in [-0.3, -0.25) is 9.97 Å². The average molecular weight is 543 g/mol. The number of hydrogen-bond donors (Lipinski definition) is 1. The van der Waals surface area contributed by atoms with Gasteiger partial charge in [-0.2, -0.15) is 0 Å². The lowest BCUT2D eigenvalue weighted by Gasteiger charge is -2.20. The van der Waals surface area contributed by atoms with Gasteiger partial charge in [-0.05, 0) is 89.3 Å². The van der Waals surface area contributed by atoms with Crippen molar-refractivity contribution >= 4 is 34.1 Å². The van der Waals surface area contributed by atoms with E-state index in [1.807, 2.05) is 42.6 Å². The highest BCUT2D eigenvalue weighted by atomic mass is 35.5. The Morgan fingerprint density at radius 1 is 0.842 bits per heavy atom. The second-order valence-electron chi connectivity index (χ2n) is 9.24. The topological polar surface area (TPSA) is 47.0 Å². The van der Waals surface area contributed by atoms with Crippen LogP contribution in [0.3, 0.4) is 0 Å². The first-order chi connectivity index (χ1) is 18.6. The molecule has 2 aromatic heterocycles. The molecule has 0 aliphatic rings. The third kappa shape index (κ3) is 6.23. The molecule has 0 spiro atoms. The fourth-order valence-electron chi connectivity index (χ4n) is 4.80. The Bertz CT molecular complexity index is 1510. The molecular formula is C32H29Cl2N3O. The molecule has 0 aliphatic carbocycles. The minimum Gasteiger partial charge on any atom is -0.385 e. The van der Waals surface area contributed by atoms with Crippen molar-refractivity contribution in [3.8, 4) is 11.1 Å². The Kier molecular flexibility index (Phi) is 8.67. The van der Waals surface area contributed by atoms with Gasteiger partial charge in [-0.15, -0.1) is 0 Å². The van der Waals surface area contributed by atoms with Gasteiger partial charge in [-0.25, -0.2) is 0 Å². The summed E-state index contributed by atoms with van der Waals surface area (Å²) in [6, 6.07) is 28.8. The van der Waals surface area contributed by atoms with Crippen LogP contribution in [0.4, 0.5) is 0 Å². The van der Waals surface area contributed by atoms with E-state index in [2.05, 4.69) is 58.8 Å². The van der Waals surface area contributed by atoms with E-state index in [4.69, 9.17) is 32.9 Å². The molecule has 1 unspecified atom stereocenters. The number of halogens is 2. The molecule has 1 atom stereocenters. The predicted molar refractivity (Wildman–Crippen MR) is 157 cm³/mol. The molecule has 1 N–H and O–H groups in total. The Labute approximate surface area is 233 Å². The van der Waals surface area contributed by atoms with Gasteiger partial charge in [-0.1, -0.05) is 59.6 Å². The summed E-state index contributed by atoms with van der Waals surface area (Å²) in [5, 5.41) is 5.98. The quantitative estimate of drug-likeness (QED) is 0.182. The normalized spacial score (nSPS) is 12.1. The van der Waals surface area contributed by atoms with Gasteiger partial charge in [0.2, 0.25) is 0 Å². The summed E-state index contributed by atoms with van der Waals surface area (Å²) in [5.41, 5.74) is 7.52. The van der Waals surface area contributed by atoms with Crippen LogP contribution in [0.15, 0.2) is 97.3 Å². The first kappa shape index (κ1) is 26.3. The van der Waals surface area contributed by atoms with E-state index < -0.39 is 0 Å². The summed E-state index contributed by atoms with van der Waals surface area (Å²) in [5.74, 6) is -0.000272. The maximum atomic E-state index is 6.41. The van der Waals surface area contributed by atoms with Gasteiger partial charge in [0.1, 0.15) is 0 Å². The number of benzene rings is 3. The Balaban J connectivity index is 1.62. The van der Waals surface area contributed by atoms with E-state index in [-0.39, 0.29) is 5.92 Å². The Morgan fingerprint density at radius 3 is 2.45 bits per heavy atom. The minimum absolute atomic E-state index is 0.000272. The molecule has 0 saturated carbocycles. The maximum Gasteiger partial charge on any atom is 0.0712 e. The second-order valence-corrected chi connectivity index (χ2v) is 10.1. The van der Waals surface area contributed by atoms with Crippen LogP contribution in [0.25, 0.3) is 22.0 Å². The van der Waals surface area contributed by atoms with E-state index >= 15 is 0 Å². The summed E-state index contributed by atoms with van der Waals surface area (Å²) in [6.07, 6.45) is 4.68. The van der Waals surface area contributed by atoms with E-state index in [1.54, 1.807) is 13.3 Å². The molecule has 0 aliphatic heterocycles. The Morgan fingerprint density at radius 2 is 1.68 bits per heavy atom. The van der Waals surface area contributed by atoms with Crippen LogP contribution in [0.2, 0.25) is 10.0 Å². The number of ether oxygens (including phenoxy) is 1. The molecule has 0 fully saturated rings. The van der Waals surface area contributed by atoms with E-state index in [0.29, 0.717) is 16.6 Å². The molecule has 38 heavy (non-hydrogen) atoms. The van der Waals surface area contributed by atoms with Gasteiger partial charge in [0.25, 0.3) is 0 Å². The third-order valence-electron chi connectivity index (χ3n) is 6.58. The summed E-state index contributed by atoms with van der Waals surface area (Å²) in [6.45, 7) is 2.28. The standard InChI is InChI=1S/C32H29Cl2N3O/c1-38-16-4-15-36-21-28-19-29(23-5-2-7-27(34)17-23)30-18-24(10-13-31(30)37-28)32(25-6-3-14-35-20-25)22-8-11-26(33)12-9-22/h2-3,5-14,17-20,32,36H,4,15-16,21H2,1H3. The summed E-state index contributed by atoms with van der Waals surface area (Å²) >= 11 is 12.6. The fourth-order valence-corrected chi connectivity index (χ4v) is 5.12. The highest BCUT2D eigenvalue weighted by molar-refractivity contribution is 6.31. The number of aromatic nitrogens is 2. The molecule has 192 valence electrons. The van der Waals surface area contributed by atoms with Crippen molar-refractivity contribution in [2.24, 2.45) is 0 Å². The summed E-state index contributed by atoms with van der Waals surface area (Å²) < 4.78 is 5.16. The van der Waals surface area contributed by atoms with Crippen molar-refractivity contribution < 1.29 is 4.74 Å². The molecule has 0 bridgehead atoms. The summed E-state index contributed by atoms with van der Waals surface area (Å²) in [7, 11) is 1.72. The number of methoxy groups -OCH3 is 1. The highest BCUT2D eigenvalue weighted by Gasteiger charge is 2.19. The minimum atomic E-state index is -0.000272. The molecule has 6 heteroatoms. The monoisotopic (exact) mass is 541 g/mol. The SMILES string of the molecule is COCCCNCc1cc(-c2cccc(Cl)c2)c2cc(C(c3ccc(Cl)cc3)c3cccnc3)ccc2n1. The van der Waals surface area contributed by atoms with Gasteiger partial charge < -0.3 is 10.1 Å². The van der Waals surface area contributed by atoms with Crippen LogP contribution >= 0.6 is 23.2 Å². The van der Waals surface area contributed by atoms with Crippen LogP contribution in [-0.2, 0) is 11.3 Å². The molecule has 3 aromatic carbocycles. The van der Waals surface area contributed by atoms with Crippen molar-refractivity contribution in [2.75, 3.05) is 20.3 Å². The average Bonchev–Trinajstić information content (AvgIpc) is 2.94. The first-order valence-electron chi connectivity index (χ1n) is 12.7. The lowest BCUT2D eigenvalue weighted by atomic mass is 9.85. The first-order valence-corrected chi connectivity index (χ1v) is 13.4. The lowest BCUT2D eigenvalue weighted by molar-refractivity contribution is 0.194. The van der Waals surface area contributed by atoms with E-state index in [1.165, 1.54) is 0 Å². The molecule has 0 saturated heterocycles. The van der Waals surface area contributed by atoms with Crippen molar-refractivity contribution in [1.29, 1.82) is 0 Å². The lowest BCUT2D eigenvalue weighted by Crippen LogP contribution is -2.17. The predicted octanol–water partition coefficient (Wildman–Crippen LogP) is 7.91. The van der Waals surface area contributed by atoms with Gasteiger partial charge in [0.15, 0.2) is 0 Å². The van der Waals surface area contributed by atoms with E-state index in [9.17, 15) is 0 Å². The molecule has 2 heterocycles. The van der Waals surface area contributed by atoms with Gasteiger partial charge in [0, 0.05) is 54.0 Å². The van der Waals surface area contributed by atoms with Crippen LogP contribution in [-0.4, -0.2) is 30.2 Å². The number of rotatable bonds is 10. The van der Waals surface area contributed by atoms with Crippen molar-refractivity contribution in [3.05, 3.63) is 130 Å². The number of fused-ring (bicyclic) bond motifs is 1. The van der Waals surface area contributed by atoms with Crippen LogP contribution in [0.5, 0.6) is 0 Å². The second kappa shape index (κ2) is 12.5. The van der Waals surface area contributed by atoms with E-state index in [0.717, 1.165) is 64.0 Å². The summed E-state index contributed by atoms with van der Waals surface area (Å²) in [4.78, 5) is 9.40. The van der Waals surface area contributed by atoms with Crippen molar-refractivity contribution in [2.45, 2.75) is 18.9 Å². The fraction of sp³-hybridized carbons (Fsp3) is 0.188. The number of nitrogens with zero attached hydrogens (tertiary/aromatic N) is 2. The zero-order valence-corrected chi connectivity index (χ0v) is 22.7. The molecule has 5 aromatic rings. The molecular weight excluding hydrogens is 513 g/mol. The largest absolute Gasteiger partial charge is 0.385 e. The number of nitrogens with one attached hydrogen (secondary N) is 1. The van der Waals surface area contributed by atoms with Crippen LogP contribution in [0.1, 0.15) is 34.7 Å². The zero-order valence-electron chi connectivity index (χ0n) is 21.2. The molecule has 0 amide bonds. The maximum absolute atomic E-state index is 6.41. The van der Waals surface area contributed by atoms with Crippen LogP contribution < -0.4 is 5.32 Å². The highest BCUT2D eigenvalue weighted by Crippen LogP contribution is 2.37. The van der Waals surface area contributed by atoms with Crippen molar-refractivity contribution in [3.63, 3.8) is 0 Å². The Hall–Kier alpha value is -3.28. The third-order valence-corrected chi connectivity index (χ3v) is 7.07. The molecule has 4 nitrogen and oxygen atoms in total. The molecule has 5 rings (SSSR count).